The summed E-state index contributed by atoms with van der Waals surface area (Å²) in [6, 6.07) is 38.2. The summed E-state index contributed by atoms with van der Waals surface area (Å²) >= 11 is 7.20. The molecule has 33 heavy (non-hydrogen) atoms. The number of nitrogens with one attached hydrogen (secondary N) is 1. The van der Waals surface area contributed by atoms with Gasteiger partial charge in [-0.1, -0.05) is 96.5 Å². The number of benzene rings is 5. The molecule has 5 aromatic carbocycles. The Kier molecular flexibility index (Phi) is 3.93. The molecule has 2 heterocycles. The zero-order chi connectivity index (χ0) is 21.9. The molecule has 0 aliphatic heterocycles. The molecule has 0 spiro atoms. The van der Waals surface area contributed by atoms with Gasteiger partial charge >= 0.3 is 0 Å². The first-order valence-electron chi connectivity index (χ1n) is 11.1. The van der Waals surface area contributed by atoms with Gasteiger partial charge in [0.15, 0.2) is 0 Å². The van der Waals surface area contributed by atoms with Crippen LogP contribution in [0, 0.1) is 0 Å². The number of nitrogens with zero attached hydrogens (tertiary/aromatic N) is 1. The highest BCUT2D eigenvalue weighted by Gasteiger charge is 2.18. The Bertz CT molecular complexity index is 1780. The number of halogens is 1. The molecular weight excluding hydrogens is 424 g/mol. The highest BCUT2D eigenvalue weighted by molar-refractivity contribution is 6.36. The second kappa shape index (κ2) is 6.99. The number of hydrogen-bond acceptors (Lipinski definition) is 0. The molecule has 0 fully saturated rings. The van der Waals surface area contributed by atoms with Gasteiger partial charge in [-0.05, 0) is 24.3 Å². The monoisotopic (exact) mass is 442 g/mol. The molecule has 0 aliphatic carbocycles. The van der Waals surface area contributed by atoms with Gasteiger partial charge in [0, 0.05) is 38.2 Å². The Balaban J connectivity index is 1.54. The van der Waals surface area contributed by atoms with Crippen molar-refractivity contribution in [3.8, 4) is 16.8 Å². The van der Waals surface area contributed by atoms with Crippen LogP contribution in [-0.2, 0) is 0 Å². The first-order chi connectivity index (χ1) is 16.3. The Morgan fingerprint density at radius 1 is 0.515 bits per heavy atom. The normalized spacial score (nSPS) is 11.8. The van der Waals surface area contributed by atoms with Crippen LogP contribution in [0.3, 0.4) is 0 Å². The van der Waals surface area contributed by atoms with Crippen LogP contribution in [0.15, 0.2) is 109 Å². The summed E-state index contributed by atoms with van der Waals surface area (Å²) in [6.07, 6.45) is 0. The summed E-state index contributed by atoms with van der Waals surface area (Å²) in [5, 5.41) is 5.64. The van der Waals surface area contributed by atoms with Crippen LogP contribution in [0.1, 0.15) is 0 Å². The highest BCUT2D eigenvalue weighted by Crippen LogP contribution is 2.41. The van der Waals surface area contributed by atoms with E-state index in [0.717, 1.165) is 43.9 Å². The average molecular weight is 443 g/mol. The van der Waals surface area contributed by atoms with Crippen LogP contribution in [0.5, 0.6) is 0 Å². The van der Waals surface area contributed by atoms with Crippen molar-refractivity contribution in [2.75, 3.05) is 0 Å². The maximum atomic E-state index is 7.20. The summed E-state index contributed by atoms with van der Waals surface area (Å²) in [4.78, 5) is 3.62. The topological polar surface area (TPSA) is 20.7 Å². The molecule has 156 valence electrons. The molecule has 2 aromatic heterocycles. The average Bonchev–Trinajstić information content (AvgIpc) is 3.41. The minimum atomic E-state index is 0.746. The molecule has 0 saturated carbocycles. The lowest BCUT2D eigenvalue weighted by Crippen LogP contribution is -1.96. The van der Waals surface area contributed by atoms with E-state index in [0.29, 0.717) is 0 Å². The molecule has 3 heteroatoms. The molecule has 1 N–H and O–H groups in total. The largest absolute Gasteiger partial charge is 0.354 e. The minimum Gasteiger partial charge on any atom is -0.354 e. The van der Waals surface area contributed by atoms with Crippen LogP contribution in [0.2, 0.25) is 5.02 Å². The molecule has 0 amide bonds. The van der Waals surface area contributed by atoms with Gasteiger partial charge in [0.2, 0.25) is 0 Å². The number of para-hydroxylation sites is 4. The molecule has 0 saturated heterocycles. The van der Waals surface area contributed by atoms with Crippen LogP contribution in [0.25, 0.3) is 60.4 Å². The summed E-state index contributed by atoms with van der Waals surface area (Å²) in [7, 11) is 0. The van der Waals surface area contributed by atoms with Gasteiger partial charge in [-0.2, -0.15) is 0 Å². The highest BCUT2D eigenvalue weighted by atomic mass is 35.5. The van der Waals surface area contributed by atoms with Crippen LogP contribution in [-0.4, -0.2) is 9.55 Å². The van der Waals surface area contributed by atoms with Gasteiger partial charge in [-0.3, -0.25) is 0 Å². The Hall–Kier alpha value is -4.01. The maximum Gasteiger partial charge on any atom is 0.0725 e. The first kappa shape index (κ1) is 18.6. The quantitative estimate of drug-likeness (QED) is 0.276. The molecule has 7 rings (SSSR count). The zero-order valence-electron chi connectivity index (χ0n) is 17.7. The summed E-state index contributed by atoms with van der Waals surface area (Å²) in [5.41, 5.74) is 7.67. The molecule has 7 aromatic rings. The number of fused-ring (bicyclic) bond motifs is 6. The number of hydrogen-bond donors (Lipinski definition) is 1. The molecular formula is C30H19ClN2. The third-order valence-electron chi connectivity index (χ3n) is 6.63. The van der Waals surface area contributed by atoms with Gasteiger partial charge < -0.3 is 9.55 Å². The van der Waals surface area contributed by atoms with Crippen molar-refractivity contribution in [1.29, 1.82) is 0 Å². The molecule has 0 atom stereocenters. The lowest BCUT2D eigenvalue weighted by atomic mass is 10.0. The van der Waals surface area contributed by atoms with E-state index >= 15 is 0 Å². The second-order valence-electron chi connectivity index (χ2n) is 8.41. The minimum absolute atomic E-state index is 0.746. The van der Waals surface area contributed by atoms with Gasteiger partial charge in [0.25, 0.3) is 0 Å². The Morgan fingerprint density at radius 2 is 1.09 bits per heavy atom. The van der Waals surface area contributed by atoms with E-state index in [4.69, 9.17) is 11.6 Å². The van der Waals surface area contributed by atoms with E-state index in [1.54, 1.807) is 0 Å². The van der Waals surface area contributed by atoms with Crippen molar-refractivity contribution in [3.05, 3.63) is 114 Å². The number of aromatic amines is 1. The van der Waals surface area contributed by atoms with Crippen molar-refractivity contribution >= 4 is 55.2 Å². The summed E-state index contributed by atoms with van der Waals surface area (Å²) < 4.78 is 2.28. The third-order valence-corrected chi connectivity index (χ3v) is 7.03. The lowest BCUT2D eigenvalue weighted by molar-refractivity contribution is 1.18. The van der Waals surface area contributed by atoms with Gasteiger partial charge in [0.1, 0.15) is 0 Å². The predicted octanol–water partition coefficient (Wildman–Crippen LogP) is 8.74. The molecule has 0 bridgehead atoms. The van der Waals surface area contributed by atoms with E-state index in [1.165, 1.54) is 21.5 Å². The fourth-order valence-corrected chi connectivity index (χ4v) is 5.49. The molecule has 0 radical (unpaired) electrons. The van der Waals surface area contributed by atoms with Gasteiger partial charge in [0.05, 0.1) is 27.3 Å². The van der Waals surface area contributed by atoms with Gasteiger partial charge in [-0.25, -0.2) is 0 Å². The van der Waals surface area contributed by atoms with Crippen molar-refractivity contribution in [3.63, 3.8) is 0 Å². The fourth-order valence-electron chi connectivity index (χ4n) is 5.18. The standard InChI is InChI=1S/C30H19ClN2/c31-29-22(24-14-7-13-23-19-9-1-4-15-25(19)32-30(23)24)12-8-18-28(29)33-26-16-5-2-10-20(26)21-11-3-6-17-27(21)33/h1-18,32H. The second-order valence-corrected chi connectivity index (χ2v) is 8.79. The van der Waals surface area contributed by atoms with E-state index in [1.807, 2.05) is 0 Å². The van der Waals surface area contributed by atoms with Crippen molar-refractivity contribution in [2.45, 2.75) is 0 Å². The van der Waals surface area contributed by atoms with Crippen molar-refractivity contribution < 1.29 is 0 Å². The van der Waals surface area contributed by atoms with E-state index in [9.17, 15) is 0 Å². The SMILES string of the molecule is Clc1c(-c2cccc3c2[nH]c2ccccc23)cccc1-n1c2ccccc2c2ccccc21. The van der Waals surface area contributed by atoms with E-state index in [-0.39, 0.29) is 0 Å². The van der Waals surface area contributed by atoms with Crippen LogP contribution in [0.4, 0.5) is 0 Å². The third kappa shape index (κ3) is 2.62. The summed E-state index contributed by atoms with van der Waals surface area (Å²) in [5.74, 6) is 0. The van der Waals surface area contributed by atoms with E-state index < -0.39 is 0 Å². The summed E-state index contributed by atoms with van der Waals surface area (Å²) in [6.45, 7) is 0. The molecule has 0 aliphatic rings. The maximum absolute atomic E-state index is 7.20. The first-order valence-corrected chi connectivity index (χ1v) is 11.5. The van der Waals surface area contributed by atoms with Crippen molar-refractivity contribution in [1.82, 2.24) is 9.55 Å². The van der Waals surface area contributed by atoms with Gasteiger partial charge in [-0.15, -0.1) is 0 Å². The van der Waals surface area contributed by atoms with Crippen LogP contribution < -0.4 is 0 Å². The number of aromatic nitrogens is 2. The fraction of sp³-hybridized carbons (Fsp3) is 0. The molecule has 0 unspecified atom stereocenters. The van der Waals surface area contributed by atoms with Crippen molar-refractivity contribution in [2.24, 2.45) is 0 Å². The van der Waals surface area contributed by atoms with Crippen LogP contribution >= 0.6 is 11.6 Å². The Labute approximate surface area is 195 Å². The lowest BCUT2D eigenvalue weighted by Gasteiger charge is -2.14. The zero-order valence-corrected chi connectivity index (χ0v) is 18.5. The smallest absolute Gasteiger partial charge is 0.0725 e. The predicted molar refractivity (Wildman–Crippen MR) is 141 cm³/mol. The number of rotatable bonds is 2. The number of H-pyrrole nitrogens is 1. The van der Waals surface area contributed by atoms with E-state index in [2.05, 4.69) is 119 Å². The molecule has 2 nitrogen and oxygen atoms in total. The Morgan fingerprint density at radius 3 is 1.85 bits per heavy atom.